The lowest BCUT2D eigenvalue weighted by atomic mass is 10.1. The Labute approximate surface area is 95.1 Å². The molecule has 72 valence electrons. The van der Waals surface area contributed by atoms with E-state index < -0.39 is 0 Å². The molecule has 0 unspecified atom stereocenters. The lowest BCUT2D eigenvalue weighted by molar-refractivity contribution is -0.113. The summed E-state index contributed by atoms with van der Waals surface area (Å²) in [5.41, 5.74) is 1.60. The summed E-state index contributed by atoms with van der Waals surface area (Å²) in [5.74, 6) is -0.101. The highest BCUT2D eigenvalue weighted by molar-refractivity contribution is 14.1. The zero-order valence-electron chi connectivity index (χ0n) is 7.39. The van der Waals surface area contributed by atoms with Crippen LogP contribution in [0.3, 0.4) is 0 Å². The van der Waals surface area contributed by atoms with E-state index in [0.717, 1.165) is 21.1 Å². The van der Waals surface area contributed by atoms with E-state index in [1.54, 1.807) is 12.1 Å². The molecule has 0 saturated carbocycles. The topological polar surface area (TPSA) is 17.1 Å². The van der Waals surface area contributed by atoms with E-state index in [1.165, 1.54) is 12.1 Å². The summed E-state index contributed by atoms with van der Waals surface area (Å²) >= 11 is 2.19. The molecular weight excluding hydrogens is 294 g/mol. The predicted molar refractivity (Wildman–Crippen MR) is 61.6 cm³/mol. The Bertz CT molecular complexity index is 406. The van der Waals surface area contributed by atoms with Crippen molar-refractivity contribution in [1.29, 1.82) is 0 Å². The number of ketones is 1. The summed E-state index contributed by atoms with van der Waals surface area (Å²) in [6.45, 7) is 0. The summed E-state index contributed by atoms with van der Waals surface area (Å²) in [6, 6.07) is 6.09. The number of rotatable bonds is 1. The summed E-state index contributed by atoms with van der Waals surface area (Å²) in [4.78, 5) is 11.5. The molecular formula is C11H8FIO. The quantitative estimate of drug-likeness (QED) is 0.727. The molecule has 1 aliphatic carbocycles. The van der Waals surface area contributed by atoms with Gasteiger partial charge in [-0.3, -0.25) is 4.79 Å². The molecule has 0 N–H and O–H groups in total. The van der Waals surface area contributed by atoms with E-state index in [4.69, 9.17) is 0 Å². The van der Waals surface area contributed by atoms with E-state index in [9.17, 15) is 9.18 Å². The van der Waals surface area contributed by atoms with Crippen LogP contribution in [0.25, 0.3) is 5.57 Å². The van der Waals surface area contributed by atoms with Gasteiger partial charge in [0.1, 0.15) is 5.82 Å². The van der Waals surface area contributed by atoms with Crippen molar-refractivity contribution in [1.82, 2.24) is 0 Å². The van der Waals surface area contributed by atoms with Gasteiger partial charge < -0.3 is 0 Å². The van der Waals surface area contributed by atoms with Crippen molar-refractivity contribution in [2.45, 2.75) is 12.8 Å². The molecule has 1 aromatic carbocycles. The summed E-state index contributed by atoms with van der Waals surface area (Å²) < 4.78 is 13.7. The predicted octanol–water partition coefficient (Wildman–Crippen LogP) is 3.33. The van der Waals surface area contributed by atoms with Gasteiger partial charge in [0.25, 0.3) is 0 Å². The lowest BCUT2D eigenvalue weighted by Crippen LogP contribution is -1.95. The van der Waals surface area contributed by atoms with E-state index in [0.29, 0.717) is 6.42 Å². The third kappa shape index (κ3) is 1.73. The van der Waals surface area contributed by atoms with Crippen molar-refractivity contribution in [2.75, 3.05) is 0 Å². The molecule has 0 fully saturated rings. The van der Waals surface area contributed by atoms with Crippen LogP contribution in [0.4, 0.5) is 4.39 Å². The fraction of sp³-hybridized carbons (Fsp3) is 0.182. The minimum absolute atomic E-state index is 0.168. The first-order valence-electron chi connectivity index (χ1n) is 4.36. The van der Waals surface area contributed by atoms with Gasteiger partial charge in [0.15, 0.2) is 5.78 Å². The molecule has 0 atom stereocenters. The number of carbonyl (C=O) groups excluding carboxylic acids is 1. The van der Waals surface area contributed by atoms with Crippen molar-refractivity contribution in [3.63, 3.8) is 0 Å². The Kier molecular flexibility index (Phi) is 2.67. The molecule has 0 spiro atoms. The number of hydrogen-bond donors (Lipinski definition) is 0. The summed E-state index contributed by atoms with van der Waals surface area (Å²) in [6.07, 6.45) is 1.41. The van der Waals surface area contributed by atoms with Crippen LogP contribution < -0.4 is 0 Å². The smallest absolute Gasteiger partial charge is 0.164 e. The largest absolute Gasteiger partial charge is 0.294 e. The van der Waals surface area contributed by atoms with Gasteiger partial charge >= 0.3 is 0 Å². The Morgan fingerprint density at radius 3 is 2.29 bits per heavy atom. The molecule has 0 amide bonds. The molecule has 1 aromatic rings. The number of benzene rings is 1. The Balaban J connectivity index is 2.44. The lowest BCUT2D eigenvalue weighted by Gasteiger charge is -2.01. The Morgan fingerprint density at radius 2 is 1.79 bits per heavy atom. The number of hydrogen-bond acceptors (Lipinski definition) is 1. The van der Waals surface area contributed by atoms with E-state index >= 15 is 0 Å². The zero-order chi connectivity index (χ0) is 10.1. The normalized spacial score (nSPS) is 16.6. The van der Waals surface area contributed by atoms with Crippen LogP contribution in [0.15, 0.2) is 27.8 Å². The number of halogens is 2. The molecule has 14 heavy (non-hydrogen) atoms. The third-order valence-corrected chi connectivity index (χ3v) is 3.33. The number of carbonyl (C=O) groups is 1. The fourth-order valence-corrected chi connectivity index (χ4v) is 2.44. The van der Waals surface area contributed by atoms with Gasteiger partial charge in [-0.05, 0) is 46.7 Å². The van der Waals surface area contributed by atoms with Crippen molar-refractivity contribution in [3.8, 4) is 0 Å². The van der Waals surface area contributed by atoms with Gasteiger partial charge in [-0.2, -0.15) is 0 Å². The SMILES string of the molecule is O=C1CCC(I)=C1c1ccc(F)cc1. The van der Waals surface area contributed by atoms with Crippen molar-refractivity contribution in [3.05, 3.63) is 39.2 Å². The molecule has 2 rings (SSSR count). The highest BCUT2D eigenvalue weighted by Crippen LogP contribution is 2.34. The van der Waals surface area contributed by atoms with Crippen molar-refractivity contribution >= 4 is 33.9 Å². The van der Waals surface area contributed by atoms with Crippen LogP contribution in [-0.2, 0) is 4.79 Å². The van der Waals surface area contributed by atoms with Crippen molar-refractivity contribution < 1.29 is 9.18 Å². The molecule has 0 saturated heterocycles. The standard InChI is InChI=1S/C11H8FIO/c12-8-3-1-7(2-4-8)11-9(13)5-6-10(11)14/h1-4H,5-6H2. The molecule has 0 aliphatic heterocycles. The number of allylic oxidation sites excluding steroid dienone is 2. The first-order valence-corrected chi connectivity index (χ1v) is 5.44. The molecule has 1 nitrogen and oxygen atoms in total. The maximum Gasteiger partial charge on any atom is 0.164 e. The van der Waals surface area contributed by atoms with Gasteiger partial charge in [-0.15, -0.1) is 0 Å². The minimum atomic E-state index is -0.269. The van der Waals surface area contributed by atoms with E-state index in [2.05, 4.69) is 22.6 Å². The van der Waals surface area contributed by atoms with Crippen LogP contribution in [0.1, 0.15) is 18.4 Å². The summed E-state index contributed by atoms with van der Waals surface area (Å²) in [7, 11) is 0. The molecule has 0 bridgehead atoms. The molecule has 1 aliphatic rings. The van der Waals surface area contributed by atoms with E-state index in [-0.39, 0.29) is 11.6 Å². The average Bonchev–Trinajstić information content (AvgIpc) is 2.49. The van der Waals surface area contributed by atoms with Gasteiger partial charge in [0.05, 0.1) is 0 Å². The highest BCUT2D eigenvalue weighted by Gasteiger charge is 2.22. The average molecular weight is 302 g/mol. The first-order chi connectivity index (χ1) is 6.68. The Hall–Kier alpha value is -0.710. The molecule has 0 heterocycles. The second-order valence-corrected chi connectivity index (χ2v) is 4.51. The zero-order valence-corrected chi connectivity index (χ0v) is 9.55. The first kappa shape index (κ1) is 9.83. The Morgan fingerprint density at radius 1 is 1.14 bits per heavy atom. The van der Waals surface area contributed by atoms with Gasteiger partial charge in [-0.25, -0.2) is 4.39 Å². The monoisotopic (exact) mass is 302 g/mol. The van der Waals surface area contributed by atoms with Gasteiger partial charge in [-0.1, -0.05) is 12.1 Å². The van der Waals surface area contributed by atoms with Gasteiger partial charge in [0.2, 0.25) is 0 Å². The minimum Gasteiger partial charge on any atom is -0.294 e. The molecule has 0 aromatic heterocycles. The van der Waals surface area contributed by atoms with Crippen molar-refractivity contribution in [2.24, 2.45) is 0 Å². The van der Waals surface area contributed by atoms with Crippen LogP contribution in [0.2, 0.25) is 0 Å². The van der Waals surface area contributed by atoms with E-state index in [1.807, 2.05) is 0 Å². The maximum atomic E-state index is 12.7. The maximum absolute atomic E-state index is 12.7. The summed E-state index contributed by atoms with van der Waals surface area (Å²) in [5, 5.41) is 0. The third-order valence-electron chi connectivity index (χ3n) is 2.25. The number of Topliss-reactive ketones (excluding diaryl/α,β-unsaturated/α-hetero) is 1. The highest BCUT2D eigenvalue weighted by atomic mass is 127. The van der Waals surface area contributed by atoms with Gasteiger partial charge in [0, 0.05) is 15.6 Å². The second kappa shape index (κ2) is 3.81. The molecule has 0 radical (unpaired) electrons. The second-order valence-electron chi connectivity index (χ2n) is 3.21. The van der Waals surface area contributed by atoms with Crippen LogP contribution in [0, 0.1) is 5.82 Å². The fourth-order valence-electron chi connectivity index (χ4n) is 1.56. The van der Waals surface area contributed by atoms with Crippen LogP contribution in [-0.4, -0.2) is 5.78 Å². The van der Waals surface area contributed by atoms with Crippen LogP contribution in [0.5, 0.6) is 0 Å². The molecule has 3 heteroatoms. The van der Waals surface area contributed by atoms with Crippen LogP contribution >= 0.6 is 22.6 Å².